The lowest BCUT2D eigenvalue weighted by atomic mass is 9.96. The second-order valence-corrected chi connectivity index (χ2v) is 5.34. The van der Waals surface area contributed by atoms with Crippen molar-refractivity contribution in [2.75, 3.05) is 13.1 Å². The number of benzene rings is 1. The molecule has 19 heavy (non-hydrogen) atoms. The SMILES string of the molecule is NCC1CCCC1CNC(=O)Cc1cccc(O)c1. The Morgan fingerprint density at radius 3 is 2.89 bits per heavy atom. The highest BCUT2D eigenvalue weighted by Gasteiger charge is 2.26. The van der Waals surface area contributed by atoms with Crippen LogP contribution in [0, 0.1) is 11.8 Å². The highest BCUT2D eigenvalue weighted by molar-refractivity contribution is 5.78. The lowest BCUT2D eigenvalue weighted by molar-refractivity contribution is -0.120. The van der Waals surface area contributed by atoms with Gasteiger partial charge in [-0.2, -0.15) is 0 Å². The molecule has 1 fully saturated rings. The Balaban J connectivity index is 1.78. The molecular formula is C15H22N2O2. The van der Waals surface area contributed by atoms with Gasteiger partial charge in [-0.15, -0.1) is 0 Å². The van der Waals surface area contributed by atoms with Gasteiger partial charge in [-0.05, 0) is 48.9 Å². The first-order valence-electron chi connectivity index (χ1n) is 6.93. The molecule has 1 aromatic carbocycles. The molecule has 4 heteroatoms. The van der Waals surface area contributed by atoms with Crippen molar-refractivity contribution < 1.29 is 9.90 Å². The molecule has 1 saturated carbocycles. The van der Waals surface area contributed by atoms with E-state index in [-0.39, 0.29) is 11.7 Å². The number of phenols is 1. The van der Waals surface area contributed by atoms with Crippen LogP contribution in [0.2, 0.25) is 0 Å². The fraction of sp³-hybridized carbons (Fsp3) is 0.533. The van der Waals surface area contributed by atoms with Gasteiger partial charge in [0.2, 0.25) is 5.91 Å². The third-order valence-corrected chi connectivity index (χ3v) is 3.96. The summed E-state index contributed by atoms with van der Waals surface area (Å²) in [6.45, 7) is 1.44. The smallest absolute Gasteiger partial charge is 0.224 e. The molecule has 4 nitrogen and oxygen atoms in total. The molecule has 1 aliphatic rings. The number of carbonyl (C=O) groups is 1. The van der Waals surface area contributed by atoms with Gasteiger partial charge in [-0.25, -0.2) is 0 Å². The summed E-state index contributed by atoms with van der Waals surface area (Å²) < 4.78 is 0. The van der Waals surface area contributed by atoms with Crippen LogP contribution in [0.25, 0.3) is 0 Å². The van der Waals surface area contributed by atoms with Crippen molar-refractivity contribution in [3.05, 3.63) is 29.8 Å². The van der Waals surface area contributed by atoms with E-state index in [4.69, 9.17) is 5.73 Å². The fourth-order valence-corrected chi connectivity index (χ4v) is 2.85. The van der Waals surface area contributed by atoms with Gasteiger partial charge in [0.25, 0.3) is 0 Å². The van der Waals surface area contributed by atoms with Crippen molar-refractivity contribution >= 4 is 5.91 Å². The van der Waals surface area contributed by atoms with Gasteiger partial charge >= 0.3 is 0 Å². The van der Waals surface area contributed by atoms with Crippen LogP contribution >= 0.6 is 0 Å². The Labute approximate surface area is 114 Å². The average Bonchev–Trinajstić information content (AvgIpc) is 2.83. The predicted octanol–water partition coefficient (Wildman–Crippen LogP) is 1.43. The molecule has 1 amide bonds. The van der Waals surface area contributed by atoms with Crippen LogP contribution in [0.15, 0.2) is 24.3 Å². The predicted molar refractivity (Wildman–Crippen MR) is 74.7 cm³/mol. The van der Waals surface area contributed by atoms with Crippen molar-refractivity contribution in [3.8, 4) is 5.75 Å². The number of hydrogen-bond acceptors (Lipinski definition) is 3. The lowest BCUT2D eigenvalue weighted by Gasteiger charge is -2.18. The van der Waals surface area contributed by atoms with Crippen molar-refractivity contribution in [1.82, 2.24) is 5.32 Å². The van der Waals surface area contributed by atoms with Crippen LogP contribution in [-0.4, -0.2) is 24.1 Å². The third kappa shape index (κ3) is 3.96. The molecule has 2 rings (SSSR count). The van der Waals surface area contributed by atoms with Gasteiger partial charge in [0.1, 0.15) is 5.75 Å². The second kappa shape index (κ2) is 6.57. The summed E-state index contributed by atoms with van der Waals surface area (Å²) in [7, 11) is 0. The Bertz CT molecular complexity index is 434. The molecule has 2 atom stereocenters. The Kier molecular flexibility index (Phi) is 4.80. The number of nitrogens with two attached hydrogens (primary N) is 1. The van der Waals surface area contributed by atoms with E-state index in [9.17, 15) is 9.90 Å². The van der Waals surface area contributed by atoms with E-state index in [2.05, 4.69) is 5.32 Å². The van der Waals surface area contributed by atoms with Crippen molar-refractivity contribution in [1.29, 1.82) is 0 Å². The number of hydrogen-bond donors (Lipinski definition) is 3. The number of nitrogens with one attached hydrogen (secondary N) is 1. The molecule has 1 aromatic rings. The zero-order valence-corrected chi connectivity index (χ0v) is 11.1. The summed E-state index contributed by atoms with van der Waals surface area (Å²) in [6, 6.07) is 6.82. The second-order valence-electron chi connectivity index (χ2n) is 5.34. The van der Waals surface area contributed by atoms with E-state index in [0.717, 1.165) is 18.5 Å². The van der Waals surface area contributed by atoms with Gasteiger partial charge < -0.3 is 16.2 Å². The molecule has 2 unspecified atom stereocenters. The van der Waals surface area contributed by atoms with E-state index in [1.807, 2.05) is 6.07 Å². The molecule has 1 aliphatic carbocycles. The molecule has 0 heterocycles. The van der Waals surface area contributed by atoms with Crippen molar-refractivity contribution in [2.24, 2.45) is 17.6 Å². The van der Waals surface area contributed by atoms with Gasteiger partial charge in [0.05, 0.1) is 6.42 Å². The third-order valence-electron chi connectivity index (χ3n) is 3.96. The van der Waals surface area contributed by atoms with Crippen LogP contribution in [0.4, 0.5) is 0 Å². The molecule has 0 aliphatic heterocycles. The van der Waals surface area contributed by atoms with Crippen LogP contribution in [0.5, 0.6) is 5.75 Å². The molecule has 0 radical (unpaired) electrons. The van der Waals surface area contributed by atoms with E-state index in [1.165, 1.54) is 12.8 Å². The number of carbonyl (C=O) groups excluding carboxylic acids is 1. The molecule has 4 N–H and O–H groups in total. The summed E-state index contributed by atoms with van der Waals surface area (Å²) >= 11 is 0. The Hall–Kier alpha value is -1.55. The molecule has 0 aromatic heterocycles. The number of rotatable bonds is 5. The summed E-state index contributed by atoms with van der Waals surface area (Å²) in [6.07, 6.45) is 3.88. The number of amides is 1. The summed E-state index contributed by atoms with van der Waals surface area (Å²) in [5.74, 6) is 1.29. The minimum atomic E-state index is 0.00766. The van der Waals surface area contributed by atoms with E-state index >= 15 is 0 Å². The lowest BCUT2D eigenvalue weighted by Crippen LogP contribution is -2.33. The number of aromatic hydroxyl groups is 1. The van der Waals surface area contributed by atoms with Crippen molar-refractivity contribution in [2.45, 2.75) is 25.7 Å². The van der Waals surface area contributed by atoms with Gasteiger partial charge in [-0.3, -0.25) is 4.79 Å². The maximum absolute atomic E-state index is 11.9. The Morgan fingerprint density at radius 2 is 2.16 bits per heavy atom. The maximum atomic E-state index is 11.9. The molecule has 0 bridgehead atoms. The first kappa shape index (κ1) is 13.9. The van der Waals surface area contributed by atoms with Crippen LogP contribution in [-0.2, 0) is 11.2 Å². The minimum Gasteiger partial charge on any atom is -0.508 e. The summed E-state index contributed by atoms with van der Waals surface area (Å²) in [5.41, 5.74) is 6.56. The van der Waals surface area contributed by atoms with E-state index in [1.54, 1.807) is 18.2 Å². The molecule has 0 saturated heterocycles. The Morgan fingerprint density at radius 1 is 1.37 bits per heavy atom. The fourth-order valence-electron chi connectivity index (χ4n) is 2.85. The maximum Gasteiger partial charge on any atom is 0.224 e. The molecule has 0 spiro atoms. The topological polar surface area (TPSA) is 75.3 Å². The minimum absolute atomic E-state index is 0.00766. The van der Waals surface area contributed by atoms with Crippen LogP contribution in [0.1, 0.15) is 24.8 Å². The van der Waals surface area contributed by atoms with Gasteiger partial charge in [0.15, 0.2) is 0 Å². The number of phenolic OH excluding ortho intramolecular Hbond substituents is 1. The zero-order chi connectivity index (χ0) is 13.7. The van der Waals surface area contributed by atoms with E-state index < -0.39 is 0 Å². The van der Waals surface area contributed by atoms with Crippen LogP contribution in [0.3, 0.4) is 0 Å². The van der Waals surface area contributed by atoms with Crippen LogP contribution < -0.4 is 11.1 Å². The summed E-state index contributed by atoms with van der Waals surface area (Å²) in [4.78, 5) is 11.9. The van der Waals surface area contributed by atoms with E-state index in [0.29, 0.717) is 24.8 Å². The average molecular weight is 262 g/mol. The molecular weight excluding hydrogens is 240 g/mol. The largest absolute Gasteiger partial charge is 0.508 e. The first-order chi connectivity index (χ1) is 9.19. The van der Waals surface area contributed by atoms with Crippen molar-refractivity contribution in [3.63, 3.8) is 0 Å². The monoisotopic (exact) mass is 262 g/mol. The highest BCUT2D eigenvalue weighted by atomic mass is 16.3. The summed E-state index contributed by atoms with van der Waals surface area (Å²) in [5, 5.41) is 12.3. The first-order valence-corrected chi connectivity index (χ1v) is 6.93. The van der Waals surface area contributed by atoms with Gasteiger partial charge in [0, 0.05) is 6.54 Å². The normalized spacial score (nSPS) is 22.4. The molecule has 104 valence electrons. The quantitative estimate of drug-likeness (QED) is 0.751. The van der Waals surface area contributed by atoms with Gasteiger partial charge in [-0.1, -0.05) is 18.6 Å². The standard InChI is InChI=1S/C15H22N2O2/c16-9-12-4-2-5-13(12)10-17-15(19)8-11-3-1-6-14(18)7-11/h1,3,6-7,12-13,18H,2,4-5,8-10,16H2,(H,17,19). The zero-order valence-electron chi connectivity index (χ0n) is 11.1. The highest BCUT2D eigenvalue weighted by Crippen LogP contribution is 2.30.